The molecule has 0 bridgehead atoms. The van der Waals surface area contributed by atoms with Gasteiger partial charge < -0.3 is 21.7 Å². The number of carboxylic acid groups (broad SMARTS) is 1. The van der Waals surface area contributed by atoms with Crippen molar-refractivity contribution >= 4 is 28.4 Å². The average molecular weight is 245 g/mol. The van der Waals surface area contributed by atoms with Crippen LogP contribution in [0, 0.1) is 0 Å². The minimum Gasteiger partial charge on any atom is -0.506 e. The topological polar surface area (TPSA) is 122 Å². The van der Waals surface area contributed by atoms with Gasteiger partial charge in [0.1, 0.15) is 11.4 Å². The predicted octanol–water partition coefficient (Wildman–Crippen LogP) is 1.15. The molecule has 0 amide bonds. The number of hydrogen-bond donors (Lipinski definition) is 4. The van der Waals surface area contributed by atoms with E-state index in [1.54, 1.807) is 24.3 Å². The molecular formula is C12H11N3O3. The summed E-state index contributed by atoms with van der Waals surface area (Å²) in [6.45, 7) is 0. The Balaban J connectivity index is 2.90. The Morgan fingerprint density at radius 3 is 2.33 bits per heavy atom. The van der Waals surface area contributed by atoms with E-state index in [2.05, 4.69) is 4.99 Å². The van der Waals surface area contributed by atoms with E-state index in [-0.39, 0.29) is 23.0 Å². The van der Waals surface area contributed by atoms with Crippen LogP contribution in [0.2, 0.25) is 0 Å². The Labute approximate surface area is 102 Å². The molecule has 2 rings (SSSR count). The molecule has 6 heteroatoms. The number of carbonyl (C=O) groups is 1. The monoisotopic (exact) mass is 245 g/mol. The molecule has 92 valence electrons. The molecule has 0 radical (unpaired) electrons. The summed E-state index contributed by atoms with van der Waals surface area (Å²) in [6.07, 6.45) is 0. The van der Waals surface area contributed by atoms with Crippen molar-refractivity contribution in [3.63, 3.8) is 0 Å². The Bertz CT molecular complexity index is 661. The Kier molecular flexibility index (Phi) is 2.77. The average Bonchev–Trinajstić information content (AvgIpc) is 2.31. The van der Waals surface area contributed by atoms with E-state index in [0.29, 0.717) is 10.8 Å². The highest BCUT2D eigenvalue weighted by molar-refractivity contribution is 6.09. The number of nitrogens with zero attached hydrogens (tertiary/aromatic N) is 1. The van der Waals surface area contributed by atoms with Gasteiger partial charge >= 0.3 is 5.97 Å². The summed E-state index contributed by atoms with van der Waals surface area (Å²) in [5.74, 6) is -1.62. The van der Waals surface area contributed by atoms with Crippen molar-refractivity contribution in [2.75, 3.05) is 0 Å². The molecule has 0 unspecified atom stereocenters. The molecule has 0 aliphatic rings. The summed E-state index contributed by atoms with van der Waals surface area (Å²) in [7, 11) is 0. The third-order valence-electron chi connectivity index (χ3n) is 2.47. The van der Waals surface area contributed by atoms with Gasteiger partial charge in [0.25, 0.3) is 0 Å². The van der Waals surface area contributed by atoms with E-state index in [1.165, 1.54) is 0 Å². The van der Waals surface area contributed by atoms with Gasteiger partial charge in [-0.15, -0.1) is 0 Å². The van der Waals surface area contributed by atoms with Gasteiger partial charge in [-0.2, -0.15) is 0 Å². The molecular weight excluding hydrogens is 234 g/mol. The molecule has 18 heavy (non-hydrogen) atoms. The van der Waals surface area contributed by atoms with Crippen molar-refractivity contribution in [1.29, 1.82) is 0 Å². The van der Waals surface area contributed by atoms with E-state index in [0.717, 1.165) is 6.07 Å². The molecule has 0 aliphatic heterocycles. The minimum atomic E-state index is -1.13. The van der Waals surface area contributed by atoms with E-state index in [1.807, 2.05) is 0 Å². The molecule has 0 saturated carbocycles. The van der Waals surface area contributed by atoms with Crippen LogP contribution in [0.5, 0.6) is 5.75 Å². The number of nitrogens with two attached hydrogens (primary N) is 2. The summed E-state index contributed by atoms with van der Waals surface area (Å²) >= 11 is 0. The number of carboxylic acids is 1. The Hall–Kier alpha value is -2.76. The maximum Gasteiger partial charge on any atom is 0.336 e. The van der Waals surface area contributed by atoms with Gasteiger partial charge in [0.05, 0.1) is 5.56 Å². The summed E-state index contributed by atoms with van der Waals surface area (Å²) in [4.78, 5) is 14.9. The fourth-order valence-corrected chi connectivity index (χ4v) is 1.77. The van der Waals surface area contributed by atoms with E-state index >= 15 is 0 Å². The second-order valence-electron chi connectivity index (χ2n) is 3.68. The van der Waals surface area contributed by atoms with Gasteiger partial charge in [0.2, 0.25) is 0 Å². The van der Waals surface area contributed by atoms with Crippen molar-refractivity contribution in [3.05, 3.63) is 35.9 Å². The van der Waals surface area contributed by atoms with Crippen molar-refractivity contribution in [1.82, 2.24) is 0 Å². The normalized spacial score (nSPS) is 10.2. The number of guanidine groups is 1. The lowest BCUT2D eigenvalue weighted by atomic mass is 10.0. The van der Waals surface area contributed by atoms with E-state index in [9.17, 15) is 9.90 Å². The first-order valence-corrected chi connectivity index (χ1v) is 5.08. The zero-order valence-corrected chi connectivity index (χ0v) is 9.29. The van der Waals surface area contributed by atoms with Gasteiger partial charge in [0, 0.05) is 5.39 Å². The van der Waals surface area contributed by atoms with Crippen LogP contribution in [0.1, 0.15) is 10.4 Å². The van der Waals surface area contributed by atoms with Crippen LogP contribution in [-0.4, -0.2) is 22.1 Å². The van der Waals surface area contributed by atoms with Crippen LogP contribution in [-0.2, 0) is 0 Å². The number of rotatable bonds is 2. The molecule has 2 aromatic carbocycles. The second-order valence-corrected chi connectivity index (χ2v) is 3.68. The molecule has 2 aromatic rings. The first kappa shape index (κ1) is 11.7. The number of hydrogen-bond acceptors (Lipinski definition) is 3. The summed E-state index contributed by atoms with van der Waals surface area (Å²) in [5, 5.41) is 19.8. The van der Waals surface area contributed by atoms with Gasteiger partial charge in [0.15, 0.2) is 5.96 Å². The number of benzene rings is 2. The van der Waals surface area contributed by atoms with Crippen molar-refractivity contribution < 1.29 is 15.0 Å². The summed E-state index contributed by atoms with van der Waals surface area (Å²) in [5.41, 5.74) is 10.7. The van der Waals surface area contributed by atoms with Crippen LogP contribution >= 0.6 is 0 Å². The number of phenols is 1. The van der Waals surface area contributed by atoms with Crippen LogP contribution in [0.4, 0.5) is 5.69 Å². The summed E-state index contributed by atoms with van der Waals surface area (Å²) < 4.78 is 0. The van der Waals surface area contributed by atoms with Crippen LogP contribution in [0.3, 0.4) is 0 Å². The fourth-order valence-electron chi connectivity index (χ4n) is 1.77. The highest BCUT2D eigenvalue weighted by Crippen LogP contribution is 2.37. The third kappa shape index (κ3) is 1.91. The second kappa shape index (κ2) is 4.25. The highest BCUT2D eigenvalue weighted by Gasteiger charge is 2.15. The van der Waals surface area contributed by atoms with Gasteiger partial charge in [-0.05, 0) is 11.5 Å². The largest absolute Gasteiger partial charge is 0.506 e. The zero-order valence-electron chi connectivity index (χ0n) is 9.29. The molecule has 0 aliphatic carbocycles. The maximum atomic E-state index is 11.1. The molecule has 0 fully saturated rings. The number of fused-ring (bicyclic) bond motifs is 1. The van der Waals surface area contributed by atoms with Crippen LogP contribution in [0.25, 0.3) is 10.8 Å². The lowest BCUT2D eigenvalue weighted by Crippen LogP contribution is -2.21. The molecule has 0 aromatic heterocycles. The van der Waals surface area contributed by atoms with Crippen LogP contribution in [0.15, 0.2) is 35.3 Å². The van der Waals surface area contributed by atoms with E-state index in [4.69, 9.17) is 16.6 Å². The van der Waals surface area contributed by atoms with Crippen molar-refractivity contribution in [2.45, 2.75) is 0 Å². The SMILES string of the molecule is NC(N)=Nc1c(O)cc(C(=O)O)c2ccccc12. The first-order valence-electron chi connectivity index (χ1n) is 5.08. The standard InChI is InChI=1S/C12H11N3O3/c13-12(14)15-10-7-4-2-1-3-6(7)8(11(17)18)5-9(10)16/h1-5,16H,(H,17,18)(H4,13,14,15). The highest BCUT2D eigenvalue weighted by atomic mass is 16.4. The van der Waals surface area contributed by atoms with Gasteiger partial charge in [-0.3, -0.25) is 0 Å². The van der Waals surface area contributed by atoms with E-state index < -0.39 is 5.97 Å². The molecule has 6 nitrogen and oxygen atoms in total. The smallest absolute Gasteiger partial charge is 0.336 e. The lowest BCUT2D eigenvalue weighted by Gasteiger charge is -2.08. The van der Waals surface area contributed by atoms with Gasteiger partial charge in [-0.25, -0.2) is 9.79 Å². The zero-order chi connectivity index (χ0) is 13.3. The predicted molar refractivity (Wildman–Crippen MR) is 68.0 cm³/mol. The number of aliphatic imine (C=N–C) groups is 1. The Morgan fingerprint density at radius 2 is 1.78 bits per heavy atom. The fraction of sp³-hybridized carbons (Fsp3) is 0. The molecule has 0 spiro atoms. The minimum absolute atomic E-state index is 0.00218. The van der Waals surface area contributed by atoms with Crippen molar-refractivity contribution in [3.8, 4) is 5.75 Å². The number of aromatic carboxylic acids is 1. The molecule has 0 atom stereocenters. The lowest BCUT2D eigenvalue weighted by molar-refractivity contribution is 0.0698. The number of phenolic OH excluding ortho intramolecular Hbond substituents is 1. The molecule has 0 heterocycles. The third-order valence-corrected chi connectivity index (χ3v) is 2.47. The quantitative estimate of drug-likeness (QED) is 0.467. The molecule has 0 saturated heterocycles. The summed E-state index contributed by atoms with van der Waals surface area (Å²) in [6, 6.07) is 7.81. The van der Waals surface area contributed by atoms with Crippen LogP contribution < -0.4 is 11.5 Å². The number of aromatic hydroxyl groups is 1. The van der Waals surface area contributed by atoms with Crippen molar-refractivity contribution in [2.24, 2.45) is 16.5 Å². The first-order chi connectivity index (χ1) is 8.50. The van der Waals surface area contributed by atoms with Gasteiger partial charge in [-0.1, -0.05) is 24.3 Å². The molecule has 6 N–H and O–H groups in total. The maximum absolute atomic E-state index is 11.1. The Morgan fingerprint density at radius 1 is 1.17 bits per heavy atom.